The van der Waals surface area contributed by atoms with Crippen LogP contribution in [0.25, 0.3) is 0 Å². The fourth-order valence-electron chi connectivity index (χ4n) is 2.18. The van der Waals surface area contributed by atoms with Crippen molar-refractivity contribution < 1.29 is 24.4 Å². The number of aliphatic imine (C=N–C) groups is 1. The Labute approximate surface area is 159 Å². The van der Waals surface area contributed by atoms with Gasteiger partial charge in [0.05, 0.1) is 21.7 Å². The standard InChI is InChI=1S/C19H17N3O6/c1-12-2-4-14(5-3-12)21-10-13(9-20)19(25)16-8-15(22(26)27)6-7-17(16)28-11-18(23)24/h2-10H,11,20H2,1H3,(H,23,24). The number of carboxylic acids is 1. The Morgan fingerprint density at radius 1 is 1.25 bits per heavy atom. The van der Waals surface area contributed by atoms with E-state index in [4.69, 9.17) is 15.6 Å². The number of non-ortho nitro benzene ring substituents is 1. The van der Waals surface area contributed by atoms with Crippen molar-refractivity contribution in [2.45, 2.75) is 6.92 Å². The van der Waals surface area contributed by atoms with Crippen molar-refractivity contribution in [1.29, 1.82) is 0 Å². The molecule has 3 N–H and O–H groups in total. The van der Waals surface area contributed by atoms with Gasteiger partial charge in [-0.2, -0.15) is 0 Å². The van der Waals surface area contributed by atoms with E-state index < -0.39 is 23.3 Å². The minimum Gasteiger partial charge on any atom is -0.481 e. The Morgan fingerprint density at radius 3 is 2.50 bits per heavy atom. The zero-order valence-corrected chi connectivity index (χ0v) is 14.9. The minimum absolute atomic E-state index is 0.0405. The summed E-state index contributed by atoms with van der Waals surface area (Å²) < 4.78 is 5.07. The highest BCUT2D eigenvalue weighted by Crippen LogP contribution is 2.26. The molecule has 0 fully saturated rings. The fourth-order valence-corrected chi connectivity index (χ4v) is 2.18. The average Bonchev–Trinajstić information content (AvgIpc) is 2.67. The number of hydrogen-bond donors (Lipinski definition) is 2. The zero-order valence-electron chi connectivity index (χ0n) is 14.9. The van der Waals surface area contributed by atoms with Crippen molar-refractivity contribution in [2.24, 2.45) is 10.7 Å². The Balaban J connectivity index is 2.37. The lowest BCUT2D eigenvalue weighted by atomic mass is 10.0. The highest BCUT2D eigenvalue weighted by molar-refractivity contribution is 6.22. The van der Waals surface area contributed by atoms with Gasteiger partial charge in [0, 0.05) is 24.5 Å². The van der Waals surface area contributed by atoms with E-state index in [0.717, 1.165) is 23.9 Å². The Bertz CT molecular complexity index is 964. The van der Waals surface area contributed by atoms with Crippen LogP contribution in [0.1, 0.15) is 15.9 Å². The lowest BCUT2D eigenvalue weighted by molar-refractivity contribution is -0.384. The fraction of sp³-hybridized carbons (Fsp3) is 0.105. The van der Waals surface area contributed by atoms with Crippen molar-refractivity contribution in [1.82, 2.24) is 0 Å². The van der Waals surface area contributed by atoms with Crippen LogP contribution < -0.4 is 10.5 Å². The third-order valence-electron chi connectivity index (χ3n) is 3.60. The number of nitro groups is 1. The molecule has 0 unspecified atom stereocenters. The summed E-state index contributed by atoms with van der Waals surface area (Å²) in [6.45, 7) is 1.21. The maximum atomic E-state index is 12.8. The van der Waals surface area contributed by atoms with Gasteiger partial charge in [-0.3, -0.25) is 19.9 Å². The molecule has 28 heavy (non-hydrogen) atoms. The van der Waals surface area contributed by atoms with Crippen LogP contribution in [0.2, 0.25) is 0 Å². The second-order valence-corrected chi connectivity index (χ2v) is 5.66. The Hall–Kier alpha value is -4.01. The number of ether oxygens (including phenoxy) is 1. The molecule has 0 spiro atoms. The monoisotopic (exact) mass is 383 g/mol. The van der Waals surface area contributed by atoms with Gasteiger partial charge in [0.1, 0.15) is 5.75 Å². The third kappa shape index (κ3) is 5.24. The smallest absolute Gasteiger partial charge is 0.341 e. The van der Waals surface area contributed by atoms with Gasteiger partial charge < -0.3 is 15.6 Å². The number of nitrogens with zero attached hydrogens (tertiary/aromatic N) is 2. The molecule has 0 bridgehead atoms. The largest absolute Gasteiger partial charge is 0.481 e. The van der Waals surface area contributed by atoms with Gasteiger partial charge in [-0.25, -0.2) is 4.79 Å². The summed E-state index contributed by atoms with van der Waals surface area (Å²) in [5.41, 5.74) is 6.57. The number of carboxylic acid groups (broad SMARTS) is 1. The van der Waals surface area contributed by atoms with Gasteiger partial charge in [-0.1, -0.05) is 17.7 Å². The van der Waals surface area contributed by atoms with Crippen molar-refractivity contribution in [3.63, 3.8) is 0 Å². The molecule has 144 valence electrons. The molecule has 0 saturated heterocycles. The third-order valence-corrected chi connectivity index (χ3v) is 3.60. The second-order valence-electron chi connectivity index (χ2n) is 5.66. The highest BCUT2D eigenvalue weighted by Gasteiger charge is 2.20. The number of nitrogens with two attached hydrogens (primary N) is 1. The van der Waals surface area contributed by atoms with E-state index in [1.165, 1.54) is 12.3 Å². The van der Waals surface area contributed by atoms with E-state index >= 15 is 0 Å². The summed E-state index contributed by atoms with van der Waals surface area (Å²) >= 11 is 0. The van der Waals surface area contributed by atoms with E-state index in [2.05, 4.69) is 4.99 Å². The quantitative estimate of drug-likeness (QED) is 0.234. The number of ketones is 1. The van der Waals surface area contributed by atoms with Crippen LogP contribution in [0.5, 0.6) is 5.75 Å². The first kappa shape index (κ1) is 20.3. The minimum atomic E-state index is -1.26. The molecule has 0 aromatic heterocycles. The van der Waals surface area contributed by atoms with Gasteiger partial charge in [0.2, 0.25) is 0 Å². The lowest BCUT2D eigenvalue weighted by Crippen LogP contribution is -2.14. The predicted molar refractivity (Wildman–Crippen MR) is 102 cm³/mol. The lowest BCUT2D eigenvalue weighted by Gasteiger charge is -2.09. The van der Waals surface area contributed by atoms with Crippen LogP contribution in [0.15, 0.2) is 59.2 Å². The molecule has 0 radical (unpaired) electrons. The number of Topliss-reactive ketones (excluding diaryl/α,β-unsaturated/α-hetero) is 1. The van der Waals surface area contributed by atoms with Crippen LogP contribution in [0.3, 0.4) is 0 Å². The molecule has 9 nitrogen and oxygen atoms in total. The summed E-state index contributed by atoms with van der Waals surface area (Å²) in [6, 6.07) is 10.5. The Kier molecular flexibility index (Phi) is 6.58. The number of aryl methyl sites for hydroxylation is 1. The number of hydrogen-bond acceptors (Lipinski definition) is 7. The van der Waals surface area contributed by atoms with Crippen LogP contribution >= 0.6 is 0 Å². The van der Waals surface area contributed by atoms with Crippen LogP contribution in [-0.2, 0) is 4.79 Å². The summed E-state index contributed by atoms with van der Waals surface area (Å²) in [4.78, 5) is 38.0. The van der Waals surface area contributed by atoms with Crippen LogP contribution in [-0.4, -0.2) is 34.6 Å². The molecule has 2 aromatic carbocycles. The van der Waals surface area contributed by atoms with Crippen LogP contribution in [0.4, 0.5) is 11.4 Å². The molecule has 0 atom stereocenters. The molecule has 0 heterocycles. The Morgan fingerprint density at radius 2 is 1.93 bits per heavy atom. The first-order chi connectivity index (χ1) is 13.3. The first-order valence-corrected chi connectivity index (χ1v) is 8.02. The van der Waals surface area contributed by atoms with Gasteiger partial charge >= 0.3 is 5.97 Å². The number of carbonyl (C=O) groups is 2. The molecule has 2 rings (SSSR count). The first-order valence-electron chi connectivity index (χ1n) is 8.02. The van der Waals surface area contributed by atoms with Crippen molar-refractivity contribution in [3.05, 3.63) is 75.5 Å². The SMILES string of the molecule is Cc1ccc(N=CC(=CN)C(=O)c2cc([N+](=O)[O-])ccc2OCC(=O)O)cc1. The molecule has 0 aliphatic heterocycles. The molecule has 0 amide bonds. The van der Waals surface area contributed by atoms with Crippen LogP contribution in [0, 0.1) is 17.0 Å². The van der Waals surface area contributed by atoms with E-state index in [0.29, 0.717) is 5.69 Å². The van der Waals surface area contributed by atoms with Gasteiger partial charge in [0.25, 0.3) is 5.69 Å². The summed E-state index contributed by atoms with van der Waals surface area (Å²) in [6.07, 6.45) is 2.24. The predicted octanol–water partition coefficient (Wildman–Crippen LogP) is 2.79. The van der Waals surface area contributed by atoms with Gasteiger partial charge in [-0.05, 0) is 25.1 Å². The summed E-state index contributed by atoms with van der Waals surface area (Å²) in [5.74, 6) is -2.06. The molecule has 0 aliphatic carbocycles. The van der Waals surface area contributed by atoms with E-state index in [1.807, 2.05) is 19.1 Å². The van der Waals surface area contributed by atoms with Gasteiger partial charge in [-0.15, -0.1) is 0 Å². The summed E-state index contributed by atoms with van der Waals surface area (Å²) in [7, 11) is 0. The van der Waals surface area contributed by atoms with Crippen molar-refractivity contribution in [3.8, 4) is 5.75 Å². The van der Waals surface area contributed by atoms with Crippen molar-refractivity contribution in [2.75, 3.05) is 6.61 Å². The van der Waals surface area contributed by atoms with E-state index in [1.54, 1.807) is 12.1 Å². The number of rotatable bonds is 8. The zero-order chi connectivity index (χ0) is 20.7. The van der Waals surface area contributed by atoms with Gasteiger partial charge in [0.15, 0.2) is 12.4 Å². The highest BCUT2D eigenvalue weighted by atomic mass is 16.6. The van der Waals surface area contributed by atoms with E-state index in [-0.39, 0.29) is 22.6 Å². The molecular weight excluding hydrogens is 366 g/mol. The topological polar surface area (TPSA) is 145 Å². The molecule has 0 saturated carbocycles. The summed E-state index contributed by atoms with van der Waals surface area (Å²) in [5, 5.41) is 19.8. The van der Waals surface area contributed by atoms with Crippen molar-refractivity contribution >= 4 is 29.3 Å². The number of nitro benzene ring substituents is 1. The number of aliphatic carboxylic acids is 1. The number of benzene rings is 2. The number of carbonyl (C=O) groups excluding carboxylic acids is 1. The molecule has 9 heteroatoms. The second kappa shape index (κ2) is 9.08. The molecule has 2 aromatic rings. The maximum Gasteiger partial charge on any atom is 0.341 e. The molecular formula is C19H17N3O6. The van der Waals surface area contributed by atoms with E-state index in [9.17, 15) is 19.7 Å². The maximum absolute atomic E-state index is 12.8. The molecule has 0 aliphatic rings. The number of allylic oxidation sites excluding steroid dienone is 1. The normalized spacial score (nSPS) is 11.4. The average molecular weight is 383 g/mol.